The van der Waals surface area contributed by atoms with Gasteiger partial charge in [0.25, 0.3) is 0 Å². The Hall–Kier alpha value is -4.32. The fourth-order valence-electron chi connectivity index (χ4n) is 6.13. The predicted molar refractivity (Wildman–Crippen MR) is 161 cm³/mol. The zero-order valence-electron chi connectivity index (χ0n) is 21.9. The summed E-state index contributed by atoms with van der Waals surface area (Å²) in [5.41, 5.74) is 10.5. The Morgan fingerprint density at radius 2 is 1.41 bits per heavy atom. The van der Waals surface area contributed by atoms with Crippen molar-refractivity contribution in [3.05, 3.63) is 115 Å². The van der Waals surface area contributed by atoms with Gasteiger partial charge in [0.05, 0.1) is 6.61 Å². The molecule has 0 radical (unpaired) electrons. The normalized spacial score (nSPS) is 14.4. The van der Waals surface area contributed by atoms with Gasteiger partial charge in [-0.15, -0.1) is 0 Å². The molecule has 0 aliphatic carbocycles. The number of aliphatic hydroxyl groups excluding tert-OH is 1. The van der Waals surface area contributed by atoms with Crippen molar-refractivity contribution >= 4 is 27.5 Å². The highest BCUT2D eigenvalue weighted by Crippen LogP contribution is 2.35. The summed E-state index contributed by atoms with van der Waals surface area (Å²) in [6.07, 6.45) is 2.03. The second-order valence-electron chi connectivity index (χ2n) is 10.4. The number of nitrogens with zero attached hydrogens (tertiary/aromatic N) is 2. The standard InChI is InChI=1S/C34H32N4O/c39-23-32-34(29-8-3-4-9-31(29)36-32)25-14-12-24(13-15-25)27-7-2-1-6-26(27)22-37-18-20-38(21-19-37)33-11-5-10-30-28(33)16-17-35-30/h1-17,35-36,39H,18-23H2. The van der Waals surface area contributed by atoms with Gasteiger partial charge in [0, 0.05) is 77.7 Å². The molecule has 1 saturated heterocycles. The number of piperazine rings is 1. The zero-order chi connectivity index (χ0) is 26.2. The maximum absolute atomic E-state index is 9.98. The molecule has 194 valence electrons. The third kappa shape index (κ3) is 4.40. The fraction of sp³-hybridized carbons (Fsp3) is 0.176. The number of benzene rings is 4. The lowest BCUT2D eigenvalue weighted by Crippen LogP contribution is -2.46. The minimum atomic E-state index is -0.0117. The molecule has 0 atom stereocenters. The first-order chi connectivity index (χ1) is 19.3. The Balaban J connectivity index is 1.10. The highest BCUT2D eigenvalue weighted by molar-refractivity contribution is 5.97. The van der Waals surface area contributed by atoms with Gasteiger partial charge in [0.2, 0.25) is 0 Å². The van der Waals surface area contributed by atoms with Crippen LogP contribution in [0.15, 0.2) is 103 Å². The summed E-state index contributed by atoms with van der Waals surface area (Å²) in [5.74, 6) is 0. The van der Waals surface area contributed by atoms with Gasteiger partial charge >= 0.3 is 0 Å². The van der Waals surface area contributed by atoms with E-state index >= 15 is 0 Å². The molecule has 0 bridgehead atoms. The number of para-hydroxylation sites is 1. The van der Waals surface area contributed by atoms with Gasteiger partial charge in [0.1, 0.15) is 0 Å². The third-order valence-electron chi connectivity index (χ3n) is 8.12. The predicted octanol–water partition coefficient (Wildman–Crippen LogP) is 6.80. The summed E-state index contributed by atoms with van der Waals surface area (Å²) < 4.78 is 0. The number of nitrogens with one attached hydrogen (secondary N) is 2. The molecular weight excluding hydrogens is 480 g/mol. The largest absolute Gasteiger partial charge is 0.390 e. The number of rotatable bonds is 6. The average Bonchev–Trinajstić information content (AvgIpc) is 3.63. The quantitative estimate of drug-likeness (QED) is 0.230. The van der Waals surface area contributed by atoms with Crippen LogP contribution in [0.1, 0.15) is 11.3 Å². The van der Waals surface area contributed by atoms with Gasteiger partial charge < -0.3 is 20.0 Å². The SMILES string of the molecule is OCc1[nH]c2ccccc2c1-c1ccc(-c2ccccc2CN2CCN(c3cccc4[nH]ccc34)CC2)cc1. The van der Waals surface area contributed by atoms with Crippen LogP contribution in [-0.4, -0.2) is 46.2 Å². The first-order valence-electron chi connectivity index (χ1n) is 13.7. The smallest absolute Gasteiger partial charge is 0.0837 e. The topological polar surface area (TPSA) is 58.3 Å². The highest BCUT2D eigenvalue weighted by Gasteiger charge is 2.20. The summed E-state index contributed by atoms with van der Waals surface area (Å²) in [6, 6.07) is 34.5. The Labute approximate surface area is 228 Å². The first kappa shape index (κ1) is 23.8. The molecule has 39 heavy (non-hydrogen) atoms. The number of anilines is 1. The Morgan fingerprint density at radius 3 is 2.26 bits per heavy atom. The van der Waals surface area contributed by atoms with Crippen molar-refractivity contribution < 1.29 is 5.11 Å². The molecule has 0 saturated carbocycles. The number of H-pyrrole nitrogens is 2. The molecule has 4 aromatic carbocycles. The molecule has 1 aliphatic rings. The van der Waals surface area contributed by atoms with E-state index in [4.69, 9.17) is 0 Å². The van der Waals surface area contributed by atoms with Gasteiger partial charge in [-0.25, -0.2) is 0 Å². The monoisotopic (exact) mass is 512 g/mol. The molecule has 5 nitrogen and oxygen atoms in total. The minimum absolute atomic E-state index is 0.0117. The van der Waals surface area contributed by atoms with Gasteiger partial charge in [-0.1, -0.05) is 72.8 Å². The van der Waals surface area contributed by atoms with E-state index in [0.29, 0.717) is 0 Å². The number of fused-ring (bicyclic) bond motifs is 2. The number of aromatic nitrogens is 2. The van der Waals surface area contributed by atoms with Crippen molar-refractivity contribution in [3.8, 4) is 22.3 Å². The van der Waals surface area contributed by atoms with Crippen LogP contribution in [0.2, 0.25) is 0 Å². The second kappa shape index (κ2) is 10.1. The number of aromatic amines is 2. The van der Waals surface area contributed by atoms with Gasteiger partial charge in [-0.05, 0) is 46.5 Å². The Morgan fingerprint density at radius 1 is 0.667 bits per heavy atom. The summed E-state index contributed by atoms with van der Waals surface area (Å²) in [4.78, 5) is 11.8. The van der Waals surface area contributed by atoms with Crippen LogP contribution >= 0.6 is 0 Å². The summed E-state index contributed by atoms with van der Waals surface area (Å²) in [6.45, 7) is 5.06. The molecule has 3 N–H and O–H groups in total. The minimum Gasteiger partial charge on any atom is -0.390 e. The van der Waals surface area contributed by atoms with E-state index in [2.05, 4.69) is 105 Å². The van der Waals surface area contributed by atoms with E-state index in [1.165, 1.54) is 33.3 Å². The lowest BCUT2D eigenvalue weighted by molar-refractivity contribution is 0.250. The van der Waals surface area contributed by atoms with Crippen molar-refractivity contribution in [1.82, 2.24) is 14.9 Å². The van der Waals surface area contributed by atoms with Crippen molar-refractivity contribution in [1.29, 1.82) is 0 Å². The van der Waals surface area contributed by atoms with Crippen molar-refractivity contribution in [3.63, 3.8) is 0 Å². The van der Waals surface area contributed by atoms with Gasteiger partial charge in [-0.2, -0.15) is 0 Å². The number of hydrogen-bond acceptors (Lipinski definition) is 3. The third-order valence-corrected chi connectivity index (χ3v) is 8.12. The van der Waals surface area contributed by atoms with Crippen molar-refractivity contribution in [2.75, 3.05) is 31.1 Å². The maximum Gasteiger partial charge on any atom is 0.0837 e. The maximum atomic E-state index is 9.98. The number of aliphatic hydroxyl groups is 1. The van der Waals surface area contributed by atoms with Crippen molar-refractivity contribution in [2.45, 2.75) is 13.2 Å². The number of hydrogen-bond donors (Lipinski definition) is 3. The van der Waals surface area contributed by atoms with E-state index in [-0.39, 0.29) is 6.61 Å². The molecule has 2 aromatic heterocycles. The first-order valence-corrected chi connectivity index (χ1v) is 13.7. The Kier molecular flexibility index (Phi) is 6.16. The van der Waals surface area contributed by atoms with Crippen LogP contribution in [0.3, 0.4) is 0 Å². The summed E-state index contributed by atoms with van der Waals surface area (Å²) in [7, 11) is 0. The molecule has 0 spiro atoms. The van der Waals surface area contributed by atoms with Crippen LogP contribution < -0.4 is 4.90 Å². The molecule has 0 unspecified atom stereocenters. The van der Waals surface area contributed by atoms with E-state index < -0.39 is 0 Å². The summed E-state index contributed by atoms with van der Waals surface area (Å²) in [5, 5.41) is 12.4. The van der Waals surface area contributed by atoms with Crippen LogP contribution in [0, 0.1) is 0 Å². The highest BCUT2D eigenvalue weighted by atomic mass is 16.3. The van der Waals surface area contributed by atoms with E-state index in [0.717, 1.165) is 60.4 Å². The van der Waals surface area contributed by atoms with Crippen LogP contribution in [-0.2, 0) is 13.2 Å². The van der Waals surface area contributed by atoms with Crippen LogP contribution in [0.4, 0.5) is 5.69 Å². The summed E-state index contributed by atoms with van der Waals surface area (Å²) >= 11 is 0. The van der Waals surface area contributed by atoms with Crippen molar-refractivity contribution in [2.24, 2.45) is 0 Å². The molecule has 1 aliphatic heterocycles. The van der Waals surface area contributed by atoms with E-state index in [1.807, 2.05) is 18.3 Å². The van der Waals surface area contributed by atoms with E-state index in [1.54, 1.807) is 0 Å². The molecule has 7 rings (SSSR count). The molecule has 0 amide bonds. The lowest BCUT2D eigenvalue weighted by atomic mass is 9.95. The van der Waals surface area contributed by atoms with Gasteiger partial charge in [0.15, 0.2) is 0 Å². The molecule has 3 heterocycles. The lowest BCUT2D eigenvalue weighted by Gasteiger charge is -2.36. The second-order valence-corrected chi connectivity index (χ2v) is 10.4. The molecular formula is C34H32N4O. The molecule has 1 fully saturated rings. The average molecular weight is 513 g/mol. The van der Waals surface area contributed by atoms with Crippen LogP contribution in [0.25, 0.3) is 44.1 Å². The Bertz CT molecular complexity index is 1740. The van der Waals surface area contributed by atoms with Gasteiger partial charge in [-0.3, -0.25) is 4.90 Å². The van der Waals surface area contributed by atoms with E-state index in [9.17, 15) is 5.11 Å². The zero-order valence-corrected chi connectivity index (χ0v) is 21.9. The van der Waals surface area contributed by atoms with Crippen LogP contribution in [0.5, 0.6) is 0 Å². The fourth-order valence-corrected chi connectivity index (χ4v) is 6.13. The molecule has 5 heteroatoms. The molecule has 6 aromatic rings.